The molecule has 4 nitrogen and oxygen atoms in total. The summed E-state index contributed by atoms with van der Waals surface area (Å²) in [5, 5.41) is 8.22. The molecule has 0 radical (unpaired) electrons. The van der Waals surface area contributed by atoms with Crippen molar-refractivity contribution in [2.75, 3.05) is 31.1 Å². The van der Waals surface area contributed by atoms with Crippen molar-refractivity contribution >= 4 is 28.7 Å². The highest BCUT2D eigenvalue weighted by Gasteiger charge is 2.21. The Hall–Kier alpha value is -1.24. The standard InChI is InChI=1S/C15H20N4S2/c1-12-9-18(11-13-5-3-2-4-6-13)7-8-19(10-12)14-16-17-15(20)21-14/h2-6,12H,7-11H2,1H3,(H,17,20). The fourth-order valence-electron chi connectivity index (χ4n) is 2.84. The molecule has 0 spiro atoms. The molecule has 1 unspecified atom stereocenters. The lowest BCUT2D eigenvalue weighted by Gasteiger charge is -2.21. The maximum absolute atomic E-state index is 5.14. The highest BCUT2D eigenvalue weighted by molar-refractivity contribution is 7.73. The van der Waals surface area contributed by atoms with E-state index in [1.807, 2.05) is 0 Å². The molecule has 1 aliphatic heterocycles. The van der Waals surface area contributed by atoms with Crippen LogP contribution in [0, 0.1) is 9.87 Å². The molecule has 21 heavy (non-hydrogen) atoms. The van der Waals surface area contributed by atoms with Crippen LogP contribution in [0.25, 0.3) is 0 Å². The second-order valence-corrected chi connectivity index (χ2v) is 7.31. The van der Waals surface area contributed by atoms with Crippen LogP contribution < -0.4 is 4.90 Å². The van der Waals surface area contributed by atoms with Gasteiger partial charge in [0, 0.05) is 32.7 Å². The Balaban J connectivity index is 1.67. The molecule has 1 N–H and O–H groups in total. The number of aromatic amines is 1. The van der Waals surface area contributed by atoms with Crippen molar-refractivity contribution in [3.63, 3.8) is 0 Å². The average Bonchev–Trinajstić information content (AvgIpc) is 2.82. The Labute approximate surface area is 134 Å². The highest BCUT2D eigenvalue weighted by Crippen LogP contribution is 2.21. The van der Waals surface area contributed by atoms with Crippen LogP contribution >= 0.6 is 23.6 Å². The van der Waals surface area contributed by atoms with E-state index in [9.17, 15) is 0 Å². The van der Waals surface area contributed by atoms with Gasteiger partial charge in [-0.05, 0) is 23.7 Å². The lowest BCUT2D eigenvalue weighted by molar-refractivity contribution is 0.257. The zero-order valence-corrected chi connectivity index (χ0v) is 13.8. The van der Waals surface area contributed by atoms with Gasteiger partial charge in [0.1, 0.15) is 0 Å². The summed E-state index contributed by atoms with van der Waals surface area (Å²) in [6, 6.07) is 10.7. The summed E-state index contributed by atoms with van der Waals surface area (Å²) >= 11 is 6.71. The van der Waals surface area contributed by atoms with Gasteiger partial charge in [0.2, 0.25) is 5.13 Å². The number of rotatable bonds is 3. The molecule has 0 saturated carbocycles. The molecule has 2 aromatic rings. The minimum Gasteiger partial charge on any atom is -0.345 e. The van der Waals surface area contributed by atoms with E-state index in [0.29, 0.717) is 5.92 Å². The molecule has 1 aromatic heterocycles. The quantitative estimate of drug-likeness (QED) is 0.881. The van der Waals surface area contributed by atoms with E-state index >= 15 is 0 Å². The van der Waals surface area contributed by atoms with Crippen LogP contribution in [0.4, 0.5) is 5.13 Å². The first-order valence-electron chi connectivity index (χ1n) is 7.27. The van der Waals surface area contributed by atoms with E-state index in [-0.39, 0.29) is 0 Å². The van der Waals surface area contributed by atoms with Crippen molar-refractivity contribution in [1.29, 1.82) is 0 Å². The summed E-state index contributed by atoms with van der Waals surface area (Å²) in [6.45, 7) is 7.57. The van der Waals surface area contributed by atoms with Gasteiger partial charge in [-0.3, -0.25) is 10.00 Å². The number of hydrogen-bond acceptors (Lipinski definition) is 5. The minimum atomic E-state index is 0.619. The van der Waals surface area contributed by atoms with Gasteiger partial charge in [-0.15, -0.1) is 5.10 Å². The van der Waals surface area contributed by atoms with Gasteiger partial charge < -0.3 is 4.90 Å². The first kappa shape index (κ1) is 14.7. The van der Waals surface area contributed by atoms with Gasteiger partial charge >= 0.3 is 0 Å². The summed E-state index contributed by atoms with van der Waals surface area (Å²) < 4.78 is 0.753. The molecule has 0 aliphatic carbocycles. The molecular weight excluding hydrogens is 300 g/mol. The van der Waals surface area contributed by atoms with Crippen molar-refractivity contribution in [3.8, 4) is 0 Å². The fraction of sp³-hybridized carbons (Fsp3) is 0.467. The monoisotopic (exact) mass is 320 g/mol. The minimum absolute atomic E-state index is 0.619. The van der Waals surface area contributed by atoms with Gasteiger partial charge in [0.25, 0.3) is 0 Å². The summed E-state index contributed by atoms with van der Waals surface area (Å²) in [7, 11) is 0. The van der Waals surface area contributed by atoms with Crippen LogP contribution in [0.15, 0.2) is 30.3 Å². The fourth-order valence-corrected chi connectivity index (χ4v) is 3.75. The van der Waals surface area contributed by atoms with E-state index in [0.717, 1.165) is 41.8 Å². The van der Waals surface area contributed by atoms with Gasteiger partial charge in [-0.1, -0.05) is 48.6 Å². The Bertz CT molecular complexity index is 622. The Morgan fingerprint density at radius 1 is 1.29 bits per heavy atom. The third-order valence-corrected chi connectivity index (χ3v) is 4.88. The average molecular weight is 320 g/mol. The zero-order valence-electron chi connectivity index (χ0n) is 12.2. The molecule has 1 aliphatic rings. The predicted molar refractivity (Wildman–Crippen MR) is 90.4 cm³/mol. The lowest BCUT2D eigenvalue weighted by Crippen LogP contribution is -2.30. The summed E-state index contributed by atoms with van der Waals surface area (Å²) in [6.07, 6.45) is 0. The second kappa shape index (κ2) is 6.68. The van der Waals surface area contributed by atoms with E-state index < -0.39 is 0 Å². The van der Waals surface area contributed by atoms with Crippen LogP contribution in [0.2, 0.25) is 0 Å². The Morgan fingerprint density at radius 2 is 2.10 bits per heavy atom. The SMILES string of the molecule is CC1CN(Cc2ccccc2)CCN(c2n[nH]c(=S)s2)C1. The predicted octanol–water partition coefficient (Wildman–Crippen LogP) is 3.16. The van der Waals surface area contributed by atoms with Crippen LogP contribution in [-0.4, -0.2) is 41.3 Å². The molecule has 112 valence electrons. The first-order chi connectivity index (χ1) is 10.2. The number of hydrogen-bond donors (Lipinski definition) is 1. The Morgan fingerprint density at radius 3 is 2.81 bits per heavy atom. The maximum Gasteiger partial charge on any atom is 0.206 e. The highest BCUT2D eigenvalue weighted by atomic mass is 32.1. The molecule has 6 heteroatoms. The van der Waals surface area contributed by atoms with E-state index in [4.69, 9.17) is 12.2 Å². The van der Waals surface area contributed by atoms with Gasteiger partial charge in [-0.2, -0.15) is 0 Å². The van der Waals surface area contributed by atoms with Crippen LogP contribution in [0.1, 0.15) is 12.5 Å². The topological polar surface area (TPSA) is 35.2 Å². The van der Waals surface area contributed by atoms with Crippen molar-refractivity contribution in [2.45, 2.75) is 13.5 Å². The third-order valence-electron chi connectivity index (χ3n) is 3.73. The van der Waals surface area contributed by atoms with Gasteiger partial charge in [0.05, 0.1) is 0 Å². The summed E-state index contributed by atoms with van der Waals surface area (Å²) in [4.78, 5) is 4.89. The maximum atomic E-state index is 5.14. The first-order valence-corrected chi connectivity index (χ1v) is 8.50. The Kier molecular flexibility index (Phi) is 4.67. The number of H-pyrrole nitrogens is 1. The smallest absolute Gasteiger partial charge is 0.206 e. The number of anilines is 1. The van der Waals surface area contributed by atoms with Crippen molar-refractivity contribution in [1.82, 2.24) is 15.1 Å². The normalized spacial score (nSPS) is 20.4. The van der Waals surface area contributed by atoms with E-state index in [1.54, 1.807) is 11.3 Å². The van der Waals surface area contributed by atoms with Crippen molar-refractivity contribution in [3.05, 3.63) is 39.8 Å². The van der Waals surface area contributed by atoms with Gasteiger partial charge in [-0.25, -0.2) is 0 Å². The molecule has 1 atom stereocenters. The van der Waals surface area contributed by atoms with E-state index in [2.05, 4.69) is 57.3 Å². The van der Waals surface area contributed by atoms with E-state index in [1.165, 1.54) is 5.56 Å². The third kappa shape index (κ3) is 3.90. The van der Waals surface area contributed by atoms with Crippen molar-refractivity contribution in [2.24, 2.45) is 5.92 Å². The van der Waals surface area contributed by atoms with Gasteiger partial charge in [0.15, 0.2) is 3.95 Å². The molecule has 3 rings (SSSR count). The molecule has 1 aromatic carbocycles. The van der Waals surface area contributed by atoms with Crippen LogP contribution in [0.3, 0.4) is 0 Å². The second-order valence-electron chi connectivity index (χ2n) is 5.67. The number of aromatic nitrogens is 2. The van der Waals surface area contributed by atoms with Crippen molar-refractivity contribution < 1.29 is 0 Å². The lowest BCUT2D eigenvalue weighted by atomic mass is 10.1. The molecule has 1 fully saturated rings. The molecule has 0 amide bonds. The molecular formula is C15H20N4S2. The molecule has 1 saturated heterocycles. The number of benzene rings is 1. The number of nitrogens with zero attached hydrogens (tertiary/aromatic N) is 3. The summed E-state index contributed by atoms with van der Waals surface area (Å²) in [5.74, 6) is 0.619. The largest absolute Gasteiger partial charge is 0.345 e. The summed E-state index contributed by atoms with van der Waals surface area (Å²) in [5.41, 5.74) is 1.38. The van der Waals surface area contributed by atoms with Crippen LogP contribution in [0.5, 0.6) is 0 Å². The zero-order chi connectivity index (χ0) is 14.7. The number of nitrogens with one attached hydrogen (secondary N) is 1. The molecule has 0 bridgehead atoms. The van der Waals surface area contributed by atoms with Crippen LogP contribution in [-0.2, 0) is 6.54 Å². The molecule has 2 heterocycles.